The van der Waals surface area contributed by atoms with E-state index in [9.17, 15) is 4.79 Å². The molecular weight excluding hydrogens is 270 g/mol. The number of thioether (sulfide) groups is 1. The van der Waals surface area contributed by atoms with Crippen molar-refractivity contribution in [2.24, 2.45) is 5.92 Å². The van der Waals surface area contributed by atoms with Crippen LogP contribution in [0.1, 0.15) is 20.8 Å². The summed E-state index contributed by atoms with van der Waals surface area (Å²) in [6.07, 6.45) is 1.54. The topological polar surface area (TPSA) is 54.9 Å². The Hall–Kier alpha value is -1.62. The van der Waals surface area contributed by atoms with Crippen LogP contribution in [-0.2, 0) is 4.79 Å². The Morgan fingerprint density at radius 3 is 2.75 bits per heavy atom. The van der Waals surface area contributed by atoms with Crippen LogP contribution in [0, 0.1) is 5.92 Å². The molecule has 0 radical (unpaired) electrons. The van der Waals surface area contributed by atoms with E-state index in [1.54, 1.807) is 6.33 Å². The summed E-state index contributed by atoms with van der Waals surface area (Å²) in [7, 11) is 0. The summed E-state index contributed by atoms with van der Waals surface area (Å²) in [5.74, 6) is 0.848. The molecule has 0 fully saturated rings. The first-order valence-electron chi connectivity index (χ1n) is 6.70. The van der Waals surface area contributed by atoms with Crippen LogP contribution in [0.5, 0.6) is 0 Å². The molecule has 106 valence electrons. The van der Waals surface area contributed by atoms with Gasteiger partial charge in [0.2, 0.25) is 5.91 Å². The Balaban J connectivity index is 2.01. The van der Waals surface area contributed by atoms with Gasteiger partial charge in [-0.1, -0.05) is 43.8 Å². The highest BCUT2D eigenvalue weighted by molar-refractivity contribution is 8.00. The molecule has 1 atom stereocenters. The third-order valence-electron chi connectivity index (χ3n) is 3.23. The molecule has 1 amide bonds. The number of nitrogens with one attached hydrogen (secondary N) is 1. The monoisotopic (exact) mass is 289 g/mol. The number of amides is 1. The highest BCUT2D eigenvalue weighted by Gasteiger charge is 2.12. The number of aromatic nitrogens is 2. The average Bonchev–Trinajstić information content (AvgIpc) is 2.44. The molecule has 0 saturated heterocycles. The number of para-hydroxylation sites is 1. The van der Waals surface area contributed by atoms with Crippen molar-refractivity contribution in [2.75, 3.05) is 5.75 Å². The fraction of sp³-hybridized carbons (Fsp3) is 0.400. The molecule has 5 heteroatoms. The van der Waals surface area contributed by atoms with E-state index in [1.165, 1.54) is 11.8 Å². The van der Waals surface area contributed by atoms with Crippen molar-refractivity contribution >= 4 is 28.6 Å². The Morgan fingerprint density at radius 1 is 1.25 bits per heavy atom. The SMILES string of the molecule is CC(C)[C@H](C)NC(=O)CSc1ncnc2ccccc12. The molecular formula is C15H19N3OS. The maximum atomic E-state index is 11.9. The zero-order valence-corrected chi connectivity index (χ0v) is 12.8. The third-order valence-corrected chi connectivity index (χ3v) is 4.24. The fourth-order valence-electron chi connectivity index (χ4n) is 1.69. The molecule has 0 bridgehead atoms. The second-order valence-corrected chi connectivity index (χ2v) is 6.05. The van der Waals surface area contributed by atoms with Gasteiger partial charge in [-0.15, -0.1) is 0 Å². The summed E-state index contributed by atoms with van der Waals surface area (Å²) in [5.41, 5.74) is 0.904. The van der Waals surface area contributed by atoms with Gasteiger partial charge >= 0.3 is 0 Å². The van der Waals surface area contributed by atoms with Crippen molar-refractivity contribution in [3.05, 3.63) is 30.6 Å². The number of fused-ring (bicyclic) bond motifs is 1. The molecule has 1 heterocycles. The Labute approximate surface area is 123 Å². The predicted octanol–water partition coefficient (Wildman–Crippen LogP) is 2.88. The van der Waals surface area contributed by atoms with E-state index in [-0.39, 0.29) is 11.9 Å². The molecule has 0 saturated carbocycles. The molecule has 2 aromatic rings. The number of carbonyl (C=O) groups excluding carboxylic acids is 1. The number of benzene rings is 1. The van der Waals surface area contributed by atoms with Crippen LogP contribution in [0.25, 0.3) is 10.9 Å². The quantitative estimate of drug-likeness (QED) is 0.679. The molecule has 0 unspecified atom stereocenters. The van der Waals surface area contributed by atoms with Crippen LogP contribution in [0.15, 0.2) is 35.6 Å². The second-order valence-electron chi connectivity index (χ2n) is 5.08. The van der Waals surface area contributed by atoms with Crippen LogP contribution in [0.4, 0.5) is 0 Å². The lowest BCUT2D eigenvalue weighted by Gasteiger charge is -2.17. The van der Waals surface area contributed by atoms with E-state index in [4.69, 9.17) is 0 Å². The van der Waals surface area contributed by atoms with E-state index in [0.29, 0.717) is 11.7 Å². The lowest BCUT2D eigenvalue weighted by atomic mass is 10.1. The molecule has 20 heavy (non-hydrogen) atoms. The highest BCUT2D eigenvalue weighted by Crippen LogP contribution is 2.23. The molecule has 0 spiro atoms. The zero-order chi connectivity index (χ0) is 14.5. The first-order chi connectivity index (χ1) is 9.58. The number of hydrogen-bond acceptors (Lipinski definition) is 4. The van der Waals surface area contributed by atoms with Crippen LogP contribution in [0.2, 0.25) is 0 Å². The second kappa shape index (κ2) is 6.70. The van der Waals surface area contributed by atoms with Gasteiger partial charge < -0.3 is 5.32 Å². The normalized spacial score (nSPS) is 12.6. The van der Waals surface area contributed by atoms with Gasteiger partial charge in [-0.05, 0) is 18.9 Å². The molecule has 0 aliphatic rings. The van der Waals surface area contributed by atoms with Crippen LogP contribution in [-0.4, -0.2) is 27.7 Å². The van der Waals surface area contributed by atoms with Crippen LogP contribution in [0.3, 0.4) is 0 Å². The lowest BCUT2D eigenvalue weighted by Crippen LogP contribution is -2.37. The first kappa shape index (κ1) is 14.8. The molecule has 1 aromatic carbocycles. The van der Waals surface area contributed by atoms with Crippen molar-refractivity contribution in [3.8, 4) is 0 Å². The minimum absolute atomic E-state index is 0.0406. The molecule has 2 rings (SSSR count). The van der Waals surface area contributed by atoms with Gasteiger partial charge in [0.05, 0.1) is 11.3 Å². The molecule has 1 N–H and O–H groups in total. The number of rotatable bonds is 5. The minimum atomic E-state index is 0.0406. The summed E-state index contributed by atoms with van der Waals surface area (Å²) >= 11 is 1.45. The largest absolute Gasteiger partial charge is 0.353 e. The molecule has 1 aromatic heterocycles. The van der Waals surface area contributed by atoms with E-state index in [2.05, 4.69) is 29.1 Å². The maximum absolute atomic E-state index is 11.9. The van der Waals surface area contributed by atoms with E-state index < -0.39 is 0 Å². The number of carbonyl (C=O) groups is 1. The van der Waals surface area contributed by atoms with Crippen molar-refractivity contribution in [1.82, 2.24) is 15.3 Å². The summed E-state index contributed by atoms with van der Waals surface area (Å²) in [6.45, 7) is 6.21. The Kier molecular flexibility index (Phi) is 4.95. The summed E-state index contributed by atoms with van der Waals surface area (Å²) < 4.78 is 0. The van der Waals surface area contributed by atoms with Gasteiger partial charge in [0.25, 0.3) is 0 Å². The van der Waals surface area contributed by atoms with Crippen molar-refractivity contribution in [2.45, 2.75) is 31.8 Å². The van der Waals surface area contributed by atoms with Gasteiger partial charge in [0.15, 0.2) is 0 Å². The van der Waals surface area contributed by atoms with Gasteiger partial charge in [0.1, 0.15) is 11.4 Å². The van der Waals surface area contributed by atoms with Gasteiger partial charge in [-0.2, -0.15) is 0 Å². The lowest BCUT2D eigenvalue weighted by molar-refractivity contribution is -0.119. The number of nitrogens with zero attached hydrogens (tertiary/aromatic N) is 2. The smallest absolute Gasteiger partial charge is 0.230 e. The van der Waals surface area contributed by atoms with Crippen molar-refractivity contribution < 1.29 is 4.79 Å². The van der Waals surface area contributed by atoms with Crippen LogP contribution >= 0.6 is 11.8 Å². The summed E-state index contributed by atoms with van der Waals surface area (Å²) in [6, 6.07) is 8.01. The fourth-order valence-corrected chi connectivity index (χ4v) is 2.49. The van der Waals surface area contributed by atoms with Crippen LogP contribution < -0.4 is 5.32 Å². The Morgan fingerprint density at radius 2 is 2.00 bits per heavy atom. The van der Waals surface area contributed by atoms with Crippen molar-refractivity contribution in [3.63, 3.8) is 0 Å². The average molecular weight is 289 g/mol. The summed E-state index contributed by atoms with van der Waals surface area (Å²) in [4.78, 5) is 20.4. The highest BCUT2D eigenvalue weighted by atomic mass is 32.2. The first-order valence-corrected chi connectivity index (χ1v) is 7.68. The third kappa shape index (κ3) is 3.70. The van der Waals surface area contributed by atoms with Gasteiger partial charge in [0, 0.05) is 11.4 Å². The van der Waals surface area contributed by atoms with E-state index in [1.807, 2.05) is 31.2 Å². The predicted molar refractivity (Wildman–Crippen MR) is 82.7 cm³/mol. The molecule has 4 nitrogen and oxygen atoms in total. The zero-order valence-electron chi connectivity index (χ0n) is 12.0. The summed E-state index contributed by atoms with van der Waals surface area (Å²) in [5, 5.41) is 4.83. The number of hydrogen-bond donors (Lipinski definition) is 1. The van der Waals surface area contributed by atoms with Gasteiger partial charge in [-0.3, -0.25) is 4.79 Å². The van der Waals surface area contributed by atoms with Crippen molar-refractivity contribution in [1.29, 1.82) is 0 Å². The molecule has 0 aliphatic carbocycles. The van der Waals surface area contributed by atoms with Gasteiger partial charge in [-0.25, -0.2) is 9.97 Å². The van der Waals surface area contributed by atoms with E-state index >= 15 is 0 Å². The minimum Gasteiger partial charge on any atom is -0.353 e. The Bertz CT molecular complexity index is 595. The van der Waals surface area contributed by atoms with E-state index in [0.717, 1.165) is 15.9 Å². The standard InChI is InChI=1S/C15H19N3OS/c1-10(2)11(3)18-14(19)8-20-15-12-6-4-5-7-13(12)16-9-17-15/h4-7,9-11H,8H2,1-3H3,(H,18,19)/t11-/m0/s1. The molecule has 0 aliphatic heterocycles. The maximum Gasteiger partial charge on any atom is 0.230 e.